The molecule has 0 aromatic carbocycles. The predicted molar refractivity (Wildman–Crippen MR) is 53.8 cm³/mol. The Morgan fingerprint density at radius 3 is 2.31 bits per heavy atom. The number of aliphatic carboxylic acids is 1. The predicted octanol–water partition coefficient (Wildman–Crippen LogP) is 1.83. The summed E-state index contributed by atoms with van der Waals surface area (Å²) in [6, 6.07) is -0.319. The molecule has 0 aromatic heterocycles. The van der Waals surface area contributed by atoms with Gasteiger partial charge in [-0.25, -0.2) is 0 Å². The molecule has 0 saturated carbocycles. The number of nitrogens with zero attached hydrogens (tertiary/aromatic N) is 1. The maximum Gasteiger partial charge on any atom is 0.320 e. The van der Waals surface area contributed by atoms with Crippen LogP contribution >= 0.6 is 0 Å². The lowest BCUT2D eigenvalue weighted by Gasteiger charge is -2.25. The summed E-state index contributed by atoms with van der Waals surface area (Å²) in [4.78, 5) is 12.8. The van der Waals surface area contributed by atoms with Crippen LogP contribution in [-0.4, -0.2) is 35.6 Å². The summed E-state index contributed by atoms with van der Waals surface area (Å²) in [6.45, 7) is 6.95. The minimum absolute atomic E-state index is 0.319. The summed E-state index contributed by atoms with van der Waals surface area (Å²) in [5.74, 6) is -0.222. The molecule has 0 rings (SSSR count). The molecule has 13 heavy (non-hydrogen) atoms. The van der Waals surface area contributed by atoms with Crippen LogP contribution in [0, 0.1) is 5.92 Å². The van der Waals surface area contributed by atoms with Crippen LogP contribution in [0.3, 0.4) is 0 Å². The van der Waals surface area contributed by atoms with Crippen LogP contribution in [0.4, 0.5) is 0 Å². The van der Waals surface area contributed by atoms with Crippen LogP contribution in [0.5, 0.6) is 0 Å². The Hall–Kier alpha value is -0.570. The fourth-order valence-electron chi connectivity index (χ4n) is 1.24. The molecule has 0 aliphatic heterocycles. The van der Waals surface area contributed by atoms with Crippen molar-refractivity contribution in [2.75, 3.05) is 13.6 Å². The number of hydrogen-bond acceptors (Lipinski definition) is 2. The van der Waals surface area contributed by atoms with Gasteiger partial charge >= 0.3 is 5.97 Å². The topological polar surface area (TPSA) is 40.5 Å². The molecule has 1 N–H and O–H groups in total. The highest BCUT2D eigenvalue weighted by Gasteiger charge is 2.22. The van der Waals surface area contributed by atoms with Crippen LogP contribution in [0.1, 0.15) is 33.6 Å². The third-order valence-corrected chi connectivity index (χ3v) is 2.64. The third-order valence-electron chi connectivity index (χ3n) is 2.64. The second-order valence-corrected chi connectivity index (χ2v) is 3.68. The van der Waals surface area contributed by atoms with Crippen molar-refractivity contribution in [1.29, 1.82) is 0 Å². The number of hydrogen-bond donors (Lipinski definition) is 1. The van der Waals surface area contributed by atoms with E-state index in [0.29, 0.717) is 5.92 Å². The zero-order valence-electron chi connectivity index (χ0n) is 9.08. The Kier molecular flexibility index (Phi) is 5.71. The van der Waals surface area contributed by atoms with Gasteiger partial charge in [0.1, 0.15) is 6.04 Å². The fraction of sp³-hybridized carbons (Fsp3) is 0.900. The Morgan fingerprint density at radius 2 is 2.00 bits per heavy atom. The Balaban J connectivity index is 4.17. The maximum absolute atomic E-state index is 10.9. The van der Waals surface area contributed by atoms with E-state index in [1.54, 1.807) is 0 Å². The average Bonchev–Trinajstić information content (AvgIpc) is 2.11. The Bertz CT molecular complexity index is 159. The third kappa shape index (κ3) is 4.27. The molecule has 0 aromatic rings. The molecule has 0 saturated heterocycles. The lowest BCUT2D eigenvalue weighted by Crippen LogP contribution is -2.39. The van der Waals surface area contributed by atoms with E-state index in [4.69, 9.17) is 5.11 Å². The largest absolute Gasteiger partial charge is 0.480 e. The van der Waals surface area contributed by atoms with Gasteiger partial charge in [0.2, 0.25) is 0 Å². The van der Waals surface area contributed by atoms with Crippen molar-refractivity contribution in [2.45, 2.75) is 39.7 Å². The van der Waals surface area contributed by atoms with Gasteiger partial charge in [-0.15, -0.1) is 0 Å². The normalized spacial score (nSPS) is 15.8. The van der Waals surface area contributed by atoms with Crippen molar-refractivity contribution < 1.29 is 9.90 Å². The van der Waals surface area contributed by atoms with Crippen molar-refractivity contribution in [3.8, 4) is 0 Å². The molecule has 2 unspecified atom stereocenters. The quantitative estimate of drug-likeness (QED) is 0.689. The van der Waals surface area contributed by atoms with Gasteiger partial charge in [-0.1, -0.05) is 27.2 Å². The van der Waals surface area contributed by atoms with Gasteiger partial charge in [-0.05, 0) is 25.9 Å². The molecule has 0 aliphatic rings. The fourth-order valence-corrected chi connectivity index (χ4v) is 1.24. The van der Waals surface area contributed by atoms with Gasteiger partial charge < -0.3 is 5.11 Å². The van der Waals surface area contributed by atoms with Gasteiger partial charge in [0, 0.05) is 0 Å². The molecule has 2 atom stereocenters. The Morgan fingerprint density at radius 1 is 1.46 bits per heavy atom. The van der Waals surface area contributed by atoms with E-state index in [0.717, 1.165) is 19.4 Å². The minimum Gasteiger partial charge on any atom is -0.480 e. The van der Waals surface area contributed by atoms with E-state index in [9.17, 15) is 4.79 Å². The first-order valence-corrected chi connectivity index (χ1v) is 4.95. The lowest BCUT2D eigenvalue weighted by molar-refractivity contribution is -0.143. The molecule has 0 heterocycles. The van der Waals surface area contributed by atoms with Crippen molar-refractivity contribution in [1.82, 2.24) is 4.90 Å². The standard InChI is InChI=1S/C10H21NO2/c1-5-8(3)7-9(10(12)13)11(4)6-2/h8-9H,5-7H2,1-4H3,(H,12,13). The summed E-state index contributed by atoms with van der Waals surface area (Å²) in [5.41, 5.74) is 0. The first kappa shape index (κ1) is 12.4. The smallest absolute Gasteiger partial charge is 0.320 e. The monoisotopic (exact) mass is 187 g/mol. The highest BCUT2D eigenvalue weighted by Crippen LogP contribution is 2.13. The van der Waals surface area contributed by atoms with E-state index in [1.165, 1.54) is 0 Å². The lowest BCUT2D eigenvalue weighted by atomic mass is 9.98. The molecular formula is C10H21NO2. The van der Waals surface area contributed by atoms with E-state index >= 15 is 0 Å². The van der Waals surface area contributed by atoms with Crippen LogP contribution in [-0.2, 0) is 4.79 Å². The molecule has 0 aliphatic carbocycles. The van der Waals surface area contributed by atoms with Gasteiger partial charge in [0.05, 0.1) is 0 Å². The van der Waals surface area contributed by atoms with Gasteiger partial charge in [-0.3, -0.25) is 9.69 Å². The van der Waals surface area contributed by atoms with E-state index < -0.39 is 5.97 Å². The van der Waals surface area contributed by atoms with Crippen LogP contribution in [0.15, 0.2) is 0 Å². The SMILES string of the molecule is CCC(C)CC(C(=O)O)N(C)CC. The van der Waals surface area contributed by atoms with Crippen LogP contribution < -0.4 is 0 Å². The molecule has 0 amide bonds. The number of likely N-dealkylation sites (N-methyl/N-ethyl adjacent to an activating group) is 1. The molecule has 0 radical (unpaired) electrons. The number of carboxylic acid groups (broad SMARTS) is 1. The molecule has 3 heteroatoms. The first-order valence-electron chi connectivity index (χ1n) is 4.95. The van der Waals surface area contributed by atoms with Crippen molar-refractivity contribution in [3.63, 3.8) is 0 Å². The molecule has 0 spiro atoms. The molecular weight excluding hydrogens is 166 g/mol. The van der Waals surface area contributed by atoms with Crippen LogP contribution in [0.25, 0.3) is 0 Å². The average molecular weight is 187 g/mol. The highest BCUT2D eigenvalue weighted by molar-refractivity contribution is 5.73. The van der Waals surface area contributed by atoms with Crippen LogP contribution in [0.2, 0.25) is 0 Å². The highest BCUT2D eigenvalue weighted by atomic mass is 16.4. The van der Waals surface area contributed by atoms with E-state index in [2.05, 4.69) is 13.8 Å². The second kappa shape index (κ2) is 5.97. The number of carbonyl (C=O) groups is 1. The minimum atomic E-state index is -0.704. The van der Waals surface area contributed by atoms with Gasteiger partial charge in [0.25, 0.3) is 0 Å². The maximum atomic E-state index is 10.9. The van der Waals surface area contributed by atoms with E-state index in [1.807, 2.05) is 18.9 Å². The molecule has 0 fully saturated rings. The van der Waals surface area contributed by atoms with Crippen molar-refractivity contribution in [2.24, 2.45) is 5.92 Å². The van der Waals surface area contributed by atoms with Crippen molar-refractivity contribution in [3.05, 3.63) is 0 Å². The summed E-state index contributed by atoms with van der Waals surface area (Å²) in [5, 5.41) is 8.98. The summed E-state index contributed by atoms with van der Waals surface area (Å²) >= 11 is 0. The second-order valence-electron chi connectivity index (χ2n) is 3.68. The van der Waals surface area contributed by atoms with Gasteiger partial charge in [0.15, 0.2) is 0 Å². The van der Waals surface area contributed by atoms with E-state index in [-0.39, 0.29) is 6.04 Å². The summed E-state index contributed by atoms with van der Waals surface area (Å²) in [6.07, 6.45) is 1.79. The van der Waals surface area contributed by atoms with Crippen molar-refractivity contribution >= 4 is 5.97 Å². The zero-order valence-corrected chi connectivity index (χ0v) is 9.08. The number of carboxylic acids is 1. The summed E-state index contributed by atoms with van der Waals surface area (Å²) < 4.78 is 0. The van der Waals surface area contributed by atoms with Gasteiger partial charge in [-0.2, -0.15) is 0 Å². The summed E-state index contributed by atoms with van der Waals surface area (Å²) in [7, 11) is 1.86. The zero-order chi connectivity index (χ0) is 10.4. The molecule has 0 bridgehead atoms. The molecule has 3 nitrogen and oxygen atoms in total. The first-order chi connectivity index (χ1) is 6.02. The molecule has 78 valence electrons. The number of rotatable bonds is 6. The Labute approximate surface area is 80.7 Å².